The van der Waals surface area contributed by atoms with Crippen LogP contribution in [0.15, 0.2) is 33.3 Å². The van der Waals surface area contributed by atoms with E-state index in [-0.39, 0.29) is 5.92 Å². The minimum absolute atomic E-state index is 0.245. The standard InChI is InChI=1S/C14H15Cl2N3OS/c1-8(2)13-14(19(3)12(18-13)7-17-20)21-11-5-9(15)4-10(16)6-11/h4-8,20H,1-3H3/b17-7+. The molecule has 1 heterocycles. The van der Waals surface area contributed by atoms with Crippen LogP contribution in [0, 0.1) is 0 Å². The maximum Gasteiger partial charge on any atom is 0.155 e. The maximum absolute atomic E-state index is 8.72. The predicted octanol–water partition coefficient (Wildman–Crippen LogP) is 4.81. The number of hydrogen-bond acceptors (Lipinski definition) is 4. The SMILES string of the molecule is CC(C)c1nc(/C=N/O)n(C)c1Sc1cc(Cl)cc(Cl)c1. The van der Waals surface area contributed by atoms with Gasteiger partial charge in [0.25, 0.3) is 0 Å². The lowest BCUT2D eigenvalue weighted by atomic mass is 10.2. The zero-order chi connectivity index (χ0) is 15.6. The summed E-state index contributed by atoms with van der Waals surface area (Å²) >= 11 is 13.6. The van der Waals surface area contributed by atoms with Crippen LogP contribution in [0.1, 0.15) is 31.3 Å². The number of nitrogens with zero attached hydrogens (tertiary/aromatic N) is 3. The van der Waals surface area contributed by atoms with Crippen molar-refractivity contribution in [3.63, 3.8) is 0 Å². The molecule has 0 saturated heterocycles. The summed E-state index contributed by atoms with van der Waals surface area (Å²) < 4.78 is 1.88. The molecule has 1 aromatic heterocycles. The first kappa shape index (κ1) is 16.2. The Balaban J connectivity index is 2.47. The summed E-state index contributed by atoms with van der Waals surface area (Å²) in [5.41, 5.74) is 0.938. The van der Waals surface area contributed by atoms with E-state index in [1.165, 1.54) is 18.0 Å². The molecule has 0 aliphatic carbocycles. The Bertz CT molecular complexity index is 663. The van der Waals surface area contributed by atoms with Gasteiger partial charge < -0.3 is 9.77 Å². The fraction of sp³-hybridized carbons (Fsp3) is 0.286. The Morgan fingerprint density at radius 1 is 1.29 bits per heavy atom. The quantitative estimate of drug-likeness (QED) is 0.492. The number of aromatic nitrogens is 2. The van der Waals surface area contributed by atoms with Crippen LogP contribution in [0.4, 0.5) is 0 Å². The molecule has 0 aliphatic rings. The normalized spacial score (nSPS) is 11.7. The van der Waals surface area contributed by atoms with Gasteiger partial charge >= 0.3 is 0 Å². The molecule has 112 valence electrons. The molecule has 0 bridgehead atoms. The van der Waals surface area contributed by atoms with Gasteiger partial charge in [0.05, 0.1) is 5.69 Å². The highest BCUT2D eigenvalue weighted by Crippen LogP contribution is 2.36. The Morgan fingerprint density at radius 3 is 2.43 bits per heavy atom. The highest BCUT2D eigenvalue weighted by Gasteiger charge is 2.18. The van der Waals surface area contributed by atoms with E-state index in [2.05, 4.69) is 24.0 Å². The summed E-state index contributed by atoms with van der Waals surface area (Å²) in [5, 5.41) is 13.9. The fourth-order valence-corrected chi connectivity index (χ4v) is 3.75. The first-order valence-corrected chi connectivity index (χ1v) is 7.87. The van der Waals surface area contributed by atoms with Gasteiger partial charge in [-0.15, -0.1) is 0 Å². The Morgan fingerprint density at radius 2 is 1.90 bits per heavy atom. The van der Waals surface area contributed by atoms with Crippen molar-refractivity contribution < 1.29 is 5.21 Å². The molecule has 0 spiro atoms. The molecule has 2 rings (SSSR count). The lowest BCUT2D eigenvalue weighted by Crippen LogP contribution is -1.98. The van der Waals surface area contributed by atoms with Crippen LogP contribution in [0.2, 0.25) is 10.0 Å². The van der Waals surface area contributed by atoms with Gasteiger partial charge in [-0.1, -0.05) is 54.0 Å². The predicted molar refractivity (Wildman–Crippen MR) is 87.3 cm³/mol. The van der Waals surface area contributed by atoms with Gasteiger partial charge in [0, 0.05) is 22.0 Å². The maximum atomic E-state index is 8.72. The third-order valence-corrected chi connectivity index (χ3v) is 4.46. The summed E-state index contributed by atoms with van der Waals surface area (Å²) in [6.45, 7) is 4.13. The number of imidazole rings is 1. The third-order valence-electron chi connectivity index (χ3n) is 2.87. The minimum Gasteiger partial charge on any atom is -0.411 e. The van der Waals surface area contributed by atoms with E-state index in [1.807, 2.05) is 23.7 Å². The highest BCUT2D eigenvalue weighted by molar-refractivity contribution is 7.99. The molecule has 21 heavy (non-hydrogen) atoms. The molecule has 0 amide bonds. The van der Waals surface area contributed by atoms with Crippen molar-refractivity contribution in [3.05, 3.63) is 39.8 Å². The van der Waals surface area contributed by atoms with E-state index >= 15 is 0 Å². The average Bonchev–Trinajstić information content (AvgIpc) is 2.67. The molecule has 0 radical (unpaired) electrons. The van der Waals surface area contributed by atoms with Gasteiger partial charge in [-0.05, 0) is 24.1 Å². The first-order valence-electron chi connectivity index (χ1n) is 6.30. The van der Waals surface area contributed by atoms with Crippen molar-refractivity contribution in [1.82, 2.24) is 9.55 Å². The second kappa shape index (κ2) is 6.73. The third kappa shape index (κ3) is 3.73. The van der Waals surface area contributed by atoms with E-state index < -0.39 is 0 Å². The van der Waals surface area contributed by atoms with Crippen molar-refractivity contribution in [1.29, 1.82) is 0 Å². The number of hydrogen-bond donors (Lipinski definition) is 1. The molecule has 0 atom stereocenters. The van der Waals surface area contributed by atoms with Crippen LogP contribution in [-0.2, 0) is 7.05 Å². The summed E-state index contributed by atoms with van der Waals surface area (Å²) in [6, 6.07) is 5.41. The van der Waals surface area contributed by atoms with Crippen LogP contribution in [0.3, 0.4) is 0 Å². The van der Waals surface area contributed by atoms with Gasteiger partial charge in [0.15, 0.2) is 5.82 Å². The molecule has 0 unspecified atom stereocenters. The largest absolute Gasteiger partial charge is 0.411 e. The molecule has 4 nitrogen and oxygen atoms in total. The average molecular weight is 344 g/mol. The van der Waals surface area contributed by atoms with Crippen LogP contribution >= 0.6 is 35.0 Å². The van der Waals surface area contributed by atoms with E-state index in [0.717, 1.165) is 15.6 Å². The Labute approximate surface area is 137 Å². The number of oxime groups is 1. The van der Waals surface area contributed by atoms with Gasteiger partial charge in [-0.2, -0.15) is 0 Å². The molecule has 1 N–H and O–H groups in total. The monoisotopic (exact) mass is 343 g/mol. The van der Waals surface area contributed by atoms with E-state index in [9.17, 15) is 0 Å². The van der Waals surface area contributed by atoms with Crippen LogP contribution < -0.4 is 0 Å². The van der Waals surface area contributed by atoms with E-state index in [0.29, 0.717) is 15.9 Å². The van der Waals surface area contributed by atoms with Crippen LogP contribution in [0.5, 0.6) is 0 Å². The van der Waals surface area contributed by atoms with Crippen molar-refractivity contribution in [2.24, 2.45) is 12.2 Å². The number of halogens is 2. The molecule has 2 aromatic rings. The van der Waals surface area contributed by atoms with Crippen LogP contribution in [-0.4, -0.2) is 21.0 Å². The lowest BCUT2D eigenvalue weighted by Gasteiger charge is -2.09. The smallest absolute Gasteiger partial charge is 0.155 e. The molecule has 0 aliphatic heterocycles. The van der Waals surface area contributed by atoms with Crippen molar-refractivity contribution in [2.75, 3.05) is 0 Å². The molecule has 0 fully saturated rings. The highest BCUT2D eigenvalue weighted by atomic mass is 35.5. The first-order chi connectivity index (χ1) is 9.92. The van der Waals surface area contributed by atoms with E-state index in [1.54, 1.807) is 6.07 Å². The summed E-state index contributed by atoms with van der Waals surface area (Å²) in [7, 11) is 1.88. The molecule has 1 aromatic carbocycles. The number of rotatable bonds is 4. The topological polar surface area (TPSA) is 50.4 Å². The second-order valence-corrected chi connectivity index (χ2v) is 6.76. The zero-order valence-electron chi connectivity index (χ0n) is 11.8. The summed E-state index contributed by atoms with van der Waals surface area (Å²) in [6.07, 6.45) is 1.32. The van der Waals surface area contributed by atoms with E-state index in [4.69, 9.17) is 28.4 Å². The molecule has 7 heteroatoms. The van der Waals surface area contributed by atoms with Crippen molar-refractivity contribution >= 4 is 41.2 Å². The number of benzene rings is 1. The van der Waals surface area contributed by atoms with Gasteiger partial charge in [0.2, 0.25) is 0 Å². The molecular formula is C14H15Cl2N3OS. The van der Waals surface area contributed by atoms with Gasteiger partial charge in [-0.3, -0.25) is 0 Å². The fourth-order valence-electron chi connectivity index (χ4n) is 1.89. The lowest BCUT2D eigenvalue weighted by molar-refractivity contribution is 0.321. The van der Waals surface area contributed by atoms with Crippen molar-refractivity contribution in [3.8, 4) is 0 Å². The Kier molecular flexibility index (Phi) is 5.19. The minimum atomic E-state index is 0.245. The second-order valence-electron chi connectivity index (χ2n) is 4.83. The van der Waals surface area contributed by atoms with Crippen LogP contribution in [0.25, 0.3) is 0 Å². The van der Waals surface area contributed by atoms with Gasteiger partial charge in [-0.25, -0.2) is 4.98 Å². The van der Waals surface area contributed by atoms with Crippen molar-refractivity contribution in [2.45, 2.75) is 29.7 Å². The summed E-state index contributed by atoms with van der Waals surface area (Å²) in [5.74, 6) is 0.839. The summed E-state index contributed by atoms with van der Waals surface area (Å²) in [4.78, 5) is 5.44. The van der Waals surface area contributed by atoms with Gasteiger partial charge in [0.1, 0.15) is 11.2 Å². The Hall–Kier alpha value is -1.17. The zero-order valence-corrected chi connectivity index (χ0v) is 14.2. The molecular weight excluding hydrogens is 329 g/mol. The molecule has 0 saturated carbocycles.